The molecule has 0 saturated carbocycles. The second-order valence-electron chi connectivity index (χ2n) is 4.62. The maximum Gasteiger partial charge on any atom is 0.270 e. The van der Waals surface area contributed by atoms with Crippen LogP contribution in [0.25, 0.3) is 0 Å². The number of nitrogens with one attached hydrogen (secondary N) is 1. The molecule has 106 valence electrons. The molecule has 0 radical (unpaired) electrons. The highest BCUT2D eigenvalue weighted by Gasteiger charge is 2.08. The number of hydrogen-bond acceptors (Lipinski definition) is 3. The number of nitrogens with zero attached hydrogens (tertiary/aromatic N) is 1. The molecule has 1 N–H and O–H groups in total. The van der Waals surface area contributed by atoms with Gasteiger partial charge in [-0.2, -0.15) is 0 Å². The number of hydrogen-bond donors (Lipinski definition) is 1. The molecule has 0 bridgehead atoms. The summed E-state index contributed by atoms with van der Waals surface area (Å²) in [7, 11) is 0. The standard InChI is InChI=1S/C14H21BrN2O2/c1-2-3-4-5-6-7-10-16-14-9-8-12(17(18)19)11-13(14)15/h8-9,11,16H,2-7,10H2,1H3. The Morgan fingerprint density at radius 2 is 1.89 bits per heavy atom. The highest BCUT2D eigenvalue weighted by atomic mass is 79.9. The first-order valence-corrected chi connectivity index (χ1v) is 7.62. The van der Waals surface area contributed by atoms with Gasteiger partial charge in [0.15, 0.2) is 0 Å². The van der Waals surface area contributed by atoms with Crippen molar-refractivity contribution < 1.29 is 4.92 Å². The molecule has 0 aromatic heterocycles. The molecular weight excluding hydrogens is 308 g/mol. The van der Waals surface area contributed by atoms with Crippen LogP contribution in [-0.4, -0.2) is 11.5 Å². The maximum absolute atomic E-state index is 10.6. The lowest BCUT2D eigenvalue weighted by Gasteiger charge is -2.08. The van der Waals surface area contributed by atoms with Crippen LogP contribution in [0, 0.1) is 10.1 Å². The summed E-state index contributed by atoms with van der Waals surface area (Å²) in [6.07, 6.45) is 7.56. The number of benzene rings is 1. The van der Waals surface area contributed by atoms with E-state index in [1.54, 1.807) is 6.07 Å². The Labute approximate surface area is 122 Å². The third-order valence-corrected chi connectivity index (χ3v) is 3.67. The van der Waals surface area contributed by atoms with Gasteiger partial charge >= 0.3 is 0 Å². The summed E-state index contributed by atoms with van der Waals surface area (Å²) in [6, 6.07) is 4.80. The van der Waals surface area contributed by atoms with Crippen molar-refractivity contribution in [3.63, 3.8) is 0 Å². The van der Waals surface area contributed by atoms with Crippen LogP contribution in [-0.2, 0) is 0 Å². The van der Waals surface area contributed by atoms with Crippen molar-refractivity contribution in [2.75, 3.05) is 11.9 Å². The molecule has 0 unspecified atom stereocenters. The van der Waals surface area contributed by atoms with Gasteiger partial charge in [0.05, 0.1) is 4.92 Å². The molecule has 0 heterocycles. The fourth-order valence-corrected chi connectivity index (χ4v) is 2.40. The minimum Gasteiger partial charge on any atom is -0.384 e. The zero-order valence-corrected chi connectivity index (χ0v) is 12.9. The Morgan fingerprint density at radius 1 is 1.21 bits per heavy atom. The quantitative estimate of drug-likeness (QED) is 0.388. The summed E-state index contributed by atoms with van der Waals surface area (Å²) in [5, 5.41) is 13.9. The molecule has 4 nitrogen and oxygen atoms in total. The first kappa shape index (κ1) is 16.0. The van der Waals surface area contributed by atoms with Gasteiger partial charge in [0, 0.05) is 28.8 Å². The summed E-state index contributed by atoms with van der Waals surface area (Å²) >= 11 is 3.35. The highest BCUT2D eigenvalue weighted by Crippen LogP contribution is 2.27. The smallest absolute Gasteiger partial charge is 0.270 e. The van der Waals surface area contributed by atoms with Gasteiger partial charge in [-0.3, -0.25) is 10.1 Å². The predicted molar refractivity (Wildman–Crippen MR) is 82.7 cm³/mol. The molecule has 1 rings (SSSR count). The Kier molecular flexibility index (Phi) is 7.48. The molecule has 0 amide bonds. The molecule has 0 aliphatic heterocycles. The van der Waals surface area contributed by atoms with E-state index in [4.69, 9.17) is 0 Å². The van der Waals surface area contributed by atoms with Crippen molar-refractivity contribution in [1.82, 2.24) is 0 Å². The molecule has 0 aliphatic carbocycles. The SMILES string of the molecule is CCCCCCCCNc1ccc([N+](=O)[O-])cc1Br. The number of halogens is 1. The van der Waals surface area contributed by atoms with Gasteiger partial charge < -0.3 is 5.32 Å². The number of non-ortho nitro benzene ring substituents is 1. The van der Waals surface area contributed by atoms with Crippen LogP contribution in [0.3, 0.4) is 0 Å². The van der Waals surface area contributed by atoms with Crippen molar-refractivity contribution in [2.45, 2.75) is 45.4 Å². The Morgan fingerprint density at radius 3 is 2.53 bits per heavy atom. The second-order valence-corrected chi connectivity index (χ2v) is 5.47. The number of unbranched alkanes of at least 4 members (excludes halogenated alkanes) is 5. The van der Waals surface area contributed by atoms with E-state index in [1.165, 1.54) is 44.2 Å². The van der Waals surface area contributed by atoms with Gasteiger partial charge in [-0.05, 0) is 28.4 Å². The van der Waals surface area contributed by atoms with E-state index >= 15 is 0 Å². The summed E-state index contributed by atoms with van der Waals surface area (Å²) in [6.45, 7) is 3.12. The fourth-order valence-electron chi connectivity index (χ4n) is 1.89. The Balaban J connectivity index is 2.28. The largest absolute Gasteiger partial charge is 0.384 e. The average molecular weight is 329 g/mol. The molecule has 1 aromatic carbocycles. The minimum atomic E-state index is -0.387. The maximum atomic E-state index is 10.6. The minimum absolute atomic E-state index is 0.108. The molecule has 0 fully saturated rings. The molecule has 0 saturated heterocycles. The summed E-state index contributed by atoms with van der Waals surface area (Å²) in [4.78, 5) is 10.2. The molecule has 19 heavy (non-hydrogen) atoms. The van der Waals surface area contributed by atoms with Crippen LogP contribution < -0.4 is 5.32 Å². The molecular formula is C14H21BrN2O2. The first-order chi connectivity index (χ1) is 9.15. The van der Waals surface area contributed by atoms with Crippen molar-refractivity contribution in [1.29, 1.82) is 0 Å². The molecule has 1 aromatic rings. The summed E-state index contributed by atoms with van der Waals surface area (Å²) < 4.78 is 0.743. The van der Waals surface area contributed by atoms with Gasteiger partial charge in [-0.1, -0.05) is 39.0 Å². The monoisotopic (exact) mass is 328 g/mol. The van der Waals surface area contributed by atoms with Crippen molar-refractivity contribution >= 4 is 27.3 Å². The zero-order valence-electron chi connectivity index (χ0n) is 11.3. The molecule has 0 aliphatic rings. The van der Waals surface area contributed by atoms with E-state index in [2.05, 4.69) is 28.2 Å². The number of rotatable bonds is 9. The third kappa shape index (κ3) is 6.05. The lowest BCUT2D eigenvalue weighted by Crippen LogP contribution is -2.02. The third-order valence-electron chi connectivity index (χ3n) is 3.01. The molecule has 0 spiro atoms. The Hall–Kier alpha value is -1.10. The van der Waals surface area contributed by atoms with Crippen LogP contribution in [0.4, 0.5) is 11.4 Å². The van der Waals surface area contributed by atoms with E-state index < -0.39 is 0 Å². The van der Waals surface area contributed by atoms with Crippen molar-refractivity contribution in [3.05, 3.63) is 32.8 Å². The van der Waals surface area contributed by atoms with Crippen LogP contribution in [0.5, 0.6) is 0 Å². The van der Waals surface area contributed by atoms with Gasteiger partial charge in [0.25, 0.3) is 5.69 Å². The van der Waals surface area contributed by atoms with Crippen molar-refractivity contribution in [3.8, 4) is 0 Å². The number of anilines is 1. The van der Waals surface area contributed by atoms with Crippen LogP contribution in [0.1, 0.15) is 45.4 Å². The zero-order chi connectivity index (χ0) is 14.1. The normalized spacial score (nSPS) is 10.4. The van der Waals surface area contributed by atoms with Crippen LogP contribution in [0.2, 0.25) is 0 Å². The predicted octanol–water partition coefficient (Wildman–Crippen LogP) is 5.13. The van der Waals surface area contributed by atoms with Gasteiger partial charge in [0.2, 0.25) is 0 Å². The molecule has 0 atom stereocenters. The topological polar surface area (TPSA) is 55.2 Å². The van der Waals surface area contributed by atoms with Crippen molar-refractivity contribution in [2.24, 2.45) is 0 Å². The lowest BCUT2D eigenvalue weighted by molar-refractivity contribution is -0.384. The highest BCUT2D eigenvalue weighted by molar-refractivity contribution is 9.10. The van der Waals surface area contributed by atoms with Crippen LogP contribution in [0.15, 0.2) is 22.7 Å². The number of nitro groups is 1. The average Bonchev–Trinajstić information content (AvgIpc) is 2.39. The van der Waals surface area contributed by atoms with Gasteiger partial charge in [-0.25, -0.2) is 0 Å². The van der Waals surface area contributed by atoms with E-state index in [-0.39, 0.29) is 10.6 Å². The van der Waals surface area contributed by atoms with Gasteiger partial charge in [0.1, 0.15) is 0 Å². The summed E-state index contributed by atoms with van der Waals surface area (Å²) in [5.41, 5.74) is 1.02. The first-order valence-electron chi connectivity index (χ1n) is 6.83. The Bertz CT molecular complexity index is 410. The van der Waals surface area contributed by atoms with Crippen LogP contribution >= 0.6 is 15.9 Å². The fraction of sp³-hybridized carbons (Fsp3) is 0.571. The van der Waals surface area contributed by atoms with E-state index in [0.29, 0.717) is 0 Å². The lowest BCUT2D eigenvalue weighted by atomic mass is 10.1. The molecule has 5 heteroatoms. The second kappa shape index (κ2) is 8.91. The van der Waals surface area contributed by atoms with E-state index in [9.17, 15) is 10.1 Å². The van der Waals surface area contributed by atoms with E-state index in [0.717, 1.165) is 23.1 Å². The van der Waals surface area contributed by atoms with E-state index in [1.807, 2.05) is 0 Å². The number of nitro benzene ring substituents is 1. The van der Waals surface area contributed by atoms with Gasteiger partial charge in [-0.15, -0.1) is 0 Å². The summed E-state index contributed by atoms with van der Waals surface area (Å²) in [5.74, 6) is 0.